The molecule has 4 heterocycles. The van der Waals surface area contributed by atoms with Crippen molar-refractivity contribution in [2.75, 3.05) is 4.90 Å². The molecule has 6 heteroatoms. The van der Waals surface area contributed by atoms with Gasteiger partial charge in [0, 0.05) is 71.4 Å². The monoisotopic (exact) mass is 884 g/mol. The molecule has 0 amide bonds. The quantitative estimate of drug-likeness (QED) is 0.118. The summed E-state index contributed by atoms with van der Waals surface area (Å²) >= 11 is 1.92. The lowest BCUT2D eigenvalue weighted by Gasteiger charge is -2.50. The van der Waals surface area contributed by atoms with Crippen molar-refractivity contribution < 1.29 is 0 Å². The zero-order valence-electron chi connectivity index (χ0n) is 37.2. The summed E-state index contributed by atoms with van der Waals surface area (Å²) in [5.41, 5.74) is 8.41. The minimum atomic E-state index is -2.79. The Morgan fingerprint density at radius 2 is 1.15 bits per heavy atom. The summed E-state index contributed by atoms with van der Waals surface area (Å²) < 4.78 is 5.21. The molecule has 3 aromatic heterocycles. The number of anilines is 2. The average Bonchev–Trinajstić information content (AvgIpc) is 3.99. The largest absolute Gasteiger partial charge is 0.334 e. The highest BCUT2D eigenvalue weighted by Gasteiger charge is 2.58. The van der Waals surface area contributed by atoms with E-state index in [0.717, 1.165) is 24.2 Å². The zero-order chi connectivity index (χ0) is 44.0. The van der Waals surface area contributed by atoms with E-state index in [0.29, 0.717) is 0 Å². The number of nitrogens with zero attached hydrogens (tertiary/aromatic N) is 4. The number of rotatable bonds is 7. The Hall–Kier alpha value is -7.12. The Kier molecular flexibility index (Phi) is 8.90. The lowest BCUT2D eigenvalue weighted by Crippen LogP contribution is -2.74. The van der Waals surface area contributed by atoms with Crippen LogP contribution in [0.15, 0.2) is 207 Å². The van der Waals surface area contributed by atoms with Gasteiger partial charge in [-0.05, 0) is 101 Å². The minimum absolute atomic E-state index is 0.0921. The maximum Gasteiger partial charge on any atom is 0.179 e. The highest BCUT2D eigenvalue weighted by Crippen LogP contribution is 2.63. The minimum Gasteiger partial charge on any atom is -0.334 e. The van der Waals surface area contributed by atoms with Crippen LogP contribution in [0.2, 0.25) is 0 Å². The van der Waals surface area contributed by atoms with Gasteiger partial charge in [-0.1, -0.05) is 159 Å². The lowest BCUT2D eigenvalue weighted by molar-refractivity contribution is 0.195. The van der Waals surface area contributed by atoms with Crippen molar-refractivity contribution in [1.29, 1.82) is 0 Å². The lowest BCUT2D eigenvalue weighted by atomic mass is 9.61. The number of benzene rings is 8. The summed E-state index contributed by atoms with van der Waals surface area (Å²) in [6, 6.07) is 73.0. The first kappa shape index (κ1) is 39.3. The first-order valence-electron chi connectivity index (χ1n) is 23.4. The van der Waals surface area contributed by atoms with Gasteiger partial charge in [0.2, 0.25) is 0 Å². The van der Waals surface area contributed by atoms with Gasteiger partial charge in [0.05, 0.1) is 16.6 Å². The molecule has 0 radical (unpaired) electrons. The van der Waals surface area contributed by atoms with E-state index in [9.17, 15) is 0 Å². The maximum absolute atomic E-state index is 4.81. The fourth-order valence-corrected chi connectivity index (χ4v) is 18.5. The molecule has 0 spiro atoms. The van der Waals surface area contributed by atoms with Crippen molar-refractivity contribution in [1.82, 2.24) is 14.5 Å². The van der Waals surface area contributed by atoms with Gasteiger partial charge in [0.25, 0.3) is 0 Å². The van der Waals surface area contributed by atoms with E-state index in [2.05, 4.69) is 211 Å². The van der Waals surface area contributed by atoms with Crippen molar-refractivity contribution in [3.63, 3.8) is 0 Å². The number of aromatic nitrogens is 3. The molecule has 8 aromatic carbocycles. The Labute approximate surface area is 390 Å². The van der Waals surface area contributed by atoms with Crippen LogP contribution in [-0.4, -0.2) is 28.1 Å². The molecule has 1 aliphatic carbocycles. The Morgan fingerprint density at radius 1 is 0.515 bits per heavy atom. The van der Waals surface area contributed by atoms with E-state index < -0.39 is 8.07 Å². The molecule has 0 saturated heterocycles. The van der Waals surface area contributed by atoms with Gasteiger partial charge in [0.15, 0.2) is 13.9 Å². The summed E-state index contributed by atoms with van der Waals surface area (Å²) in [4.78, 5) is 12.3. The van der Waals surface area contributed by atoms with E-state index in [1.54, 1.807) is 0 Å². The summed E-state index contributed by atoms with van der Waals surface area (Å²) in [6.45, 7) is 5.03. The Balaban J connectivity index is 1.09. The van der Waals surface area contributed by atoms with Crippen LogP contribution in [0.3, 0.4) is 0 Å². The summed E-state index contributed by atoms with van der Waals surface area (Å²) in [7, 11) is -2.79. The third kappa shape index (κ3) is 5.49. The molecule has 13 rings (SSSR count). The predicted molar refractivity (Wildman–Crippen MR) is 281 cm³/mol. The van der Waals surface area contributed by atoms with E-state index in [1.807, 2.05) is 29.8 Å². The van der Waals surface area contributed by atoms with Crippen LogP contribution in [0.1, 0.15) is 45.1 Å². The van der Waals surface area contributed by atoms with E-state index in [1.165, 1.54) is 98.2 Å². The average molecular weight is 885 g/mol. The van der Waals surface area contributed by atoms with Gasteiger partial charge in [-0.3, -0.25) is 0 Å². The molecule has 4 nitrogen and oxygen atoms in total. The molecule has 11 aromatic rings. The third-order valence-electron chi connectivity index (χ3n) is 15.6. The van der Waals surface area contributed by atoms with E-state index in [-0.39, 0.29) is 11.0 Å². The highest BCUT2D eigenvalue weighted by molar-refractivity contribution is 7.26. The van der Waals surface area contributed by atoms with Crippen LogP contribution < -0.4 is 25.6 Å². The molecular weight excluding hydrogens is 837 g/mol. The Morgan fingerprint density at radius 3 is 1.88 bits per heavy atom. The van der Waals surface area contributed by atoms with Crippen LogP contribution in [0, 0.1) is 0 Å². The molecule has 318 valence electrons. The highest BCUT2D eigenvalue weighted by atomic mass is 32.1. The molecule has 2 atom stereocenters. The number of fused-ring (bicyclic) bond motifs is 10. The van der Waals surface area contributed by atoms with Gasteiger partial charge in [-0.15, -0.1) is 11.3 Å². The van der Waals surface area contributed by atoms with E-state index in [4.69, 9.17) is 9.97 Å². The second-order valence-electron chi connectivity index (χ2n) is 18.8. The molecule has 2 unspecified atom stereocenters. The van der Waals surface area contributed by atoms with Crippen molar-refractivity contribution in [3.05, 3.63) is 212 Å². The van der Waals surface area contributed by atoms with Crippen LogP contribution in [-0.2, 0) is 5.41 Å². The smallest absolute Gasteiger partial charge is 0.179 e. The fourth-order valence-electron chi connectivity index (χ4n) is 12.5. The molecule has 1 saturated carbocycles. The molecule has 66 heavy (non-hydrogen) atoms. The SMILES string of the molecule is CC12CCCCC1(C)N(c1ccc3c(c1)c1c4sc5ccccc5c4ccc1n3-c1cccc([Si](c3ccccc3)(c3ccccc3)c3ccccc3)c1)c1cccc(-c3ncccn3)c12. The third-order valence-corrected chi connectivity index (χ3v) is 21.6. The molecular formula is C60H48N4SSi. The fraction of sp³-hybridized carbons (Fsp3) is 0.133. The Bertz CT molecular complexity index is 3550. The second kappa shape index (κ2) is 15.0. The number of thiophene rings is 1. The van der Waals surface area contributed by atoms with Gasteiger partial charge < -0.3 is 9.47 Å². The van der Waals surface area contributed by atoms with Gasteiger partial charge in [-0.25, -0.2) is 9.97 Å². The zero-order valence-corrected chi connectivity index (χ0v) is 39.0. The summed E-state index contributed by atoms with van der Waals surface area (Å²) in [5, 5.41) is 10.7. The van der Waals surface area contributed by atoms with Gasteiger partial charge >= 0.3 is 0 Å². The van der Waals surface area contributed by atoms with Crippen LogP contribution in [0.25, 0.3) is 59.1 Å². The molecule has 0 bridgehead atoms. The van der Waals surface area contributed by atoms with Crippen molar-refractivity contribution >= 4 is 93.5 Å². The standard InChI is InChI=1S/C60H48N4SSi/c1-59-35-14-15-36-60(59,2)64(53-29-17-28-49(56(53)59)58-61-37-18-38-62-58)42-31-33-51-50(40-42)55-52(34-32-48-47-27-12-13-30-54(47)65-57(48)55)63(51)41-19-16-26-46(39-41)66(43-20-6-3-7-21-43,44-22-8-4-9-23-44)45-24-10-5-11-25-45/h3-13,16-34,37-40H,14-15,35-36H2,1-2H3. The van der Waals surface area contributed by atoms with Crippen molar-refractivity contribution in [2.24, 2.45) is 0 Å². The van der Waals surface area contributed by atoms with Crippen molar-refractivity contribution in [3.8, 4) is 17.1 Å². The van der Waals surface area contributed by atoms with Gasteiger partial charge in [0.1, 0.15) is 0 Å². The van der Waals surface area contributed by atoms with Crippen LogP contribution >= 0.6 is 11.3 Å². The normalized spacial score (nSPS) is 18.3. The van der Waals surface area contributed by atoms with Crippen molar-refractivity contribution in [2.45, 2.75) is 50.5 Å². The van der Waals surface area contributed by atoms with Gasteiger partial charge in [-0.2, -0.15) is 0 Å². The molecule has 2 aliphatic rings. The van der Waals surface area contributed by atoms with Crippen LogP contribution in [0.5, 0.6) is 0 Å². The molecule has 1 aliphatic heterocycles. The second-order valence-corrected chi connectivity index (χ2v) is 23.7. The number of hydrogen-bond acceptors (Lipinski definition) is 4. The first-order chi connectivity index (χ1) is 32.5. The maximum atomic E-state index is 4.81. The number of hydrogen-bond donors (Lipinski definition) is 0. The van der Waals surface area contributed by atoms with Crippen LogP contribution in [0.4, 0.5) is 11.4 Å². The summed E-state index contributed by atoms with van der Waals surface area (Å²) in [6.07, 6.45) is 8.39. The first-order valence-corrected chi connectivity index (χ1v) is 26.2. The predicted octanol–water partition coefficient (Wildman–Crippen LogP) is 12.7. The topological polar surface area (TPSA) is 34.0 Å². The molecule has 0 N–H and O–H groups in total. The molecule has 1 fully saturated rings. The van der Waals surface area contributed by atoms with E-state index >= 15 is 0 Å². The summed E-state index contributed by atoms with van der Waals surface area (Å²) in [5.74, 6) is 0.803.